The van der Waals surface area contributed by atoms with E-state index in [0.717, 1.165) is 94.7 Å². The van der Waals surface area contributed by atoms with Gasteiger partial charge in [0.1, 0.15) is 11.0 Å². The van der Waals surface area contributed by atoms with Crippen LogP contribution in [0.4, 0.5) is 34.1 Å². The minimum atomic E-state index is -0.157. The molecule has 0 unspecified atom stereocenters. The van der Waals surface area contributed by atoms with Gasteiger partial charge in [-0.15, -0.1) is 0 Å². The summed E-state index contributed by atoms with van der Waals surface area (Å²) in [5.41, 5.74) is 16.7. The third kappa shape index (κ3) is 5.99. The number of aromatic nitrogens is 4. The van der Waals surface area contributed by atoms with Crippen molar-refractivity contribution in [2.75, 3.05) is 9.80 Å². The van der Waals surface area contributed by atoms with E-state index in [1.807, 2.05) is 0 Å². The largest absolute Gasteiger partial charge is 0.308 e. The van der Waals surface area contributed by atoms with Crippen LogP contribution in [-0.4, -0.2) is 18.8 Å². The summed E-state index contributed by atoms with van der Waals surface area (Å²) in [7, 11) is 0. The molecule has 15 aromatic rings. The van der Waals surface area contributed by atoms with E-state index < -0.39 is 0 Å². The Morgan fingerprint density at radius 1 is 0.324 bits per heavy atom. The lowest BCUT2D eigenvalue weighted by molar-refractivity contribution is 0.591. The van der Waals surface area contributed by atoms with Gasteiger partial charge in [-0.25, -0.2) is 9.97 Å². The first-order chi connectivity index (χ1) is 36.0. The lowest BCUT2D eigenvalue weighted by Gasteiger charge is -2.29. The van der Waals surface area contributed by atoms with Gasteiger partial charge in [-0.05, 0) is 128 Å². The molecule has 354 valence electrons. The van der Waals surface area contributed by atoms with Crippen molar-refractivity contribution in [1.82, 2.24) is 18.8 Å². The van der Waals surface area contributed by atoms with Gasteiger partial charge in [0, 0.05) is 55.1 Å². The second kappa shape index (κ2) is 15.3. The van der Waals surface area contributed by atoms with E-state index in [9.17, 15) is 0 Å². The van der Waals surface area contributed by atoms with Crippen LogP contribution in [0.25, 0.3) is 98.3 Å². The Balaban J connectivity index is 1.18. The molecular formula is C68H52N6. The van der Waals surface area contributed by atoms with Gasteiger partial charge < -0.3 is 9.80 Å². The molecule has 0 aliphatic carbocycles. The van der Waals surface area contributed by atoms with E-state index in [0.29, 0.717) is 0 Å². The summed E-state index contributed by atoms with van der Waals surface area (Å²) < 4.78 is 4.94. The van der Waals surface area contributed by atoms with Crippen LogP contribution in [-0.2, 0) is 10.8 Å². The quantitative estimate of drug-likeness (QED) is 0.167. The molecule has 74 heavy (non-hydrogen) atoms. The second-order valence-corrected chi connectivity index (χ2v) is 22.3. The molecule has 0 atom stereocenters. The number of benzene rings is 10. The smallest absolute Gasteiger partial charge is 0.165 e. The van der Waals surface area contributed by atoms with Gasteiger partial charge in [-0.2, -0.15) is 0 Å². The summed E-state index contributed by atoms with van der Waals surface area (Å²) in [5.74, 6) is 0. The predicted octanol–water partition coefficient (Wildman–Crippen LogP) is 18.6. The Bertz CT molecular complexity index is 4640. The molecule has 0 bridgehead atoms. The number of hydrogen-bond acceptors (Lipinski definition) is 4. The summed E-state index contributed by atoms with van der Waals surface area (Å²) in [4.78, 5) is 17.0. The van der Waals surface area contributed by atoms with Crippen molar-refractivity contribution in [3.63, 3.8) is 0 Å². The first-order valence-corrected chi connectivity index (χ1v) is 25.8. The second-order valence-electron chi connectivity index (χ2n) is 22.3. The topological polar surface area (TPSA) is 41.1 Å². The standard InChI is InChI=1S/C68H52N6/c1-67(2,3)43-38-53-57-49-33-21-20-24-42(49)36-55(71(45-25-11-7-12-26-45)46-27-13-8-14-28-46)64(57)73-61(53)54(39-43)59-65(73)70-60-58-50-34-22-19-23-41(50)35-51-52-37-44(68(4,5)6)40-56(62(52)74(63(51)58)66(60)69-59)72(47-29-15-9-16-30-47)48-31-17-10-18-32-48/h7-40H,1-6H3. The Morgan fingerprint density at radius 3 is 1.28 bits per heavy atom. The zero-order valence-corrected chi connectivity index (χ0v) is 42.3. The highest BCUT2D eigenvalue weighted by Gasteiger charge is 2.32. The zero-order chi connectivity index (χ0) is 49.8. The third-order valence-corrected chi connectivity index (χ3v) is 15.7. The van der Waals surface area contributed by atoms with Gasteiger partial charge in [0.15, 0.2) is 11.3 Å². The van der Waals surface area contributed by atoms with Crippen LogP contribution in [0, 0.1) is 0 Å². The van der Waals surface area contributed by atoms with E-state index >= 15 is 0 Å². The summed E-state index contributed by atoms with van der Waals surface area (Å²) in [5, 5.41) is 11.8. The normalized spacial score (nSPS) is 12.7. The fourth-order valence-corrected chi connectivity index (χ4v) is 12.2. The lowest BCUT2D eigenvalue weighted by Crippen LogP contribution is -2.15. The Kier molecular flexibility index (Phi) is 8.80. The van der Waals surface area contributed by atoms with Crippen LogP contribution in [0.15, 0.2) is 206 Å². The number of fused-ring (bicyclic) bond motifs is 16. The molecule has 0 saturated carbocycles. The first kappa shape index (κ1) is 42.7. The SMILES string of the molecule is CC(C)(C)c1cc(N(c2ccccc2)c2ccccc2)c2c(c1)c1cc3ccccc3c3c4nc5c(nc4n2c13)c1cc(C(C)(C)C)cc2c3c4ccccc4cc(N(c4ccccc4)c4ccccc4)c3n5c12. The predicted molar refractivity (Wildman–Crippen MR) is 313 cm³/mol. The summed E-state index contributed by atoms with van der Waals surface area (Å²) in [6.07, 6.45) is 0. The highest BCUT2D eigenvalue weighted by molar-refractivity contribution is 6.34. The van der Waals surface area contributed by atoms with Crippen LogP contribution in [0.1, 0.15) is 52.7 Å². The zero-order valence-electron chi connectivity index (χ0n) is 42.3. The number of hydrogen-bond donors (Lipinski definition) is 0. The molecule has 0 spiro atoms. The van der Waals surface area contributed by atoms with Gasteiger partial charge in [0.25, 0.3) is 0 Å². The lowest BCUT2D eigenvalue weighted by atomic mass is 9.85. The minimum Gasteiger partial charge on any atom is -0.308 e. The molecule has 0 fully saturated rings. The van der Waals surface area contributed by atoms with Crippen LogP contribution >= 0.6 is 0 Å². The Morgan fingerprint density at radius 2 is 0.730 bits per heavy atom. The molecule has 0 N–H and O–H groups in total. The van der Waals surface area contributed by atoms with E-state index in [4.69, 9.17) is 9.97 Å². The first-order valence-electron chi connectivity index (χ1n) is 25.8. The van der Waals surface area contributed by atoms with Crippen molar-refractivity contribution >= 4 is 132 Å². The maximum absolute atomic E-state index is 6.08. The maximum Gasteiger partial charge on any atom is 0.165 e. The van der Waals surface area contributed by atoms with Crippen molar-refractivity contribution in [2.45, 2.75) is 52.4 Å². The van der Waals surface area contributed by atoms with Gasteiger partial charge in [0.2, 0.25) is 0 Å². The van der Waals surface area contributed by atoms with E-state index in [2.05, 4.69) is 266 Å². The molecule has 0 saturated heterocycles. The van der Waals surface area contributed by atoms with Crippen LogP contribution in [0.2, 0.25) is 0 Å². The Hall–Kier alpha value is -9.00. The van der Waals surface area contributed by atoms with E-state index in [-0.39, 0.29) is 10.8 Å². The molecule has 6 heteroatoms. The van der Waals surface area contributed by atoms with Crippen molar-refractivity contribution in [1.29, 1.82) is 0 Å². The monoisotopic (exact) mass is 952 g/mol. The molecular weight excluding hydrogens is 901 g/mol. The Labute approximate surface area is 428 Å². The van der Waals surface area contributed by atoms with E-state index in [1.54, 1.807) is 0 Å². The molecule has 5 aromatic heterocycles. The molecule has 15 rings (SSSR count). The minimum absolute atomic E-state index is 0.140. The fraction of sp³-hybridized carbons (Fsp3) is 0.118. The summed E-state index contributed by atoms with van der Waals surface area (Å²) in [6, 6.07) is 75.5. The highest BCUT2D eigenvalue weighted by Crippen LogP contribution is 2.52. The van der Waals surface area contributed by atoms with Gasteiger partial charge in [-0.3, -0.25) is 8.80 Å². The number of nitrogens with zero attached hydrogens (tertiary/aromatic N) is 6. The molecule has 0 radical (unpaired) electrons. The van der Waals surface area contributed by atoms with Crippen LogP contribution in [0.5, 0.6) is 0 Å². The maximum atomic E-state index is 6.08. The molecule has 0 amide bonds. The summed E-state index contributed by atoms with van der Waals surface area (Å²) >= 11 is 0. The summed E-state index contributed by atoms with van der Waals surface area (Å²) in [6.45, 7) is 13.9. The average molecular weight is 953 g/mol. The van der Waals surface area contributed by atoms with Crippen molar-refractivity contribution < 1.29 is 0 Å². The third-order valence-electron chi connectivity index (χ3n) is 15.7. The molecule has 10 aromatic carbocycles. The molecule has 5 heterocycles. The van der Waals surface area contributed by atoms with Gasteiger partial charge in [-0.1, -0.05) is 163 Å². The average Bonchev–Trinajstić information content (AvgIpc) is 4.26. The van der Waals surface area contributed by atoms with Gasteiger partial charge in [0.05, 0.1) is 33.4 Å². The number of rotatable bonds is 6. The highest BCUT2D eigenvalue weighted by atomic mass is 15.2. The van der Waals surface area contributed by atoms with Crippen molar-refractivity contribution in [3.8, 4) is 0 Å². The van der Waals surface area contributed by atoms with Crippen LogP contribution < -0.4 is 9.80 Å². The van der Waals surface area contributed by atoms with Crippen LogP contribution in [0.3, 0.4) is 0 Å². The van der Waals surface area contributed by atoms with Crippen molar-refractivity contribution in [2.24, 2.45) is 0 Å². The number of anilines is 6. The number of para-hydroxylation sites is 4. The van der Waals surface area contributed by atoms with Gasteiger partial charge >= 0.3 is 0 Å². The molecule has 0 aliphatic rings. The van der Waals surface area contributed by atoms with Crippen molar-refractivity contribution in [3.05, 3.63) is 217 Å². The molecule has 0 aliphatic heterocycles. The molecule has 6 nitrogen and oxygen atoms in total. The van der Waals surface area contributed by atoms with E-state index in [1.165, 1.54) is 48.8 Å². The fourth-order valence-electron chi connectivity index (χ4n) is 12.2.